The van der Waals surface area contributed by atoms with Crippen LogP contribution in [0.2, 0.25) is 0 Å². The van der Waals surface area contributed by atoms with Crippen LogP contribution in [0.15, 0.2) is 77.3 Å². The molecule has 0 unspecified atom stereocenters. The van der Waals surface area contributed by atoms with Gasteiger partial charge in [-0.2, -0.15) is 0 Å². The average Bonchev–Trinajstić information content (AvgIpc) is 3.20. The topological polar surface area (TPSA) is 56.1 Å². The summed E-state index contributed by atoms with van der Waals surface area (Å²) in [7, 11) is 0. The van der Waals surface area contributed by atoms with Crippen molar-refractivity contribution in [3.05, 3.63) is 94.2 Å². The van der Waals surface area contributed by atoms with E-state index in [2.05, 4.69) is 57.0 Å². The monoisotopic (exact) mass is 519 g/mol. The van der Waals surface area contributed by atoms with Crippen LogP contribution in [-0.2, 0) is 13.0 Å². The number of nitrogens with zero attached hydrogens (tertiary/aromatic N) is 2. The molecule has 6 heteroatoms. The maximum atomic E-state index is 12.4. The standard InChI is InChI=1S/C28H30BrN3O2/c1-21-10-2-5-15-26(21)34-19-7-6-18-32-25-14-4-3-13-24(25)31-27(32)16-9-17-30-28(33)22-11-8-12-23(29)20-22/h2-5,8,10-15,20H,6-7,9,16-19H2,1H3,(H,30,33). The number of carbonyl (C=O) groups excluding carboxylic acids is 1. The van der Waals surface area contributed by atoms with Gasteiger partial charge in [0.1, 0.15) is 11.6 Å². The molecule has 0 saturated carbocycles. The van der Waals surface area contributed by atoms with Crippen molar-refractivity contribution < 1.29 is 9.53 Å². The van der Waals surface area contributed by atoms with Crippen LogP contribution in [-0.4, -0.2) is 28.6 Å². The van der Waals surface area contributed by atoms with Gasteiger partial charge >= 0.3 is 0 Å². The average molecular weight is 520 g/mol. The number of fused-ring (bicyclic) bond motifs is 1. The molecule has 0 aliphatic rings. The van der Waals surface area contributed by atoms with Gasteiger partial charge in [-0.25, -0.2) is 4.98 Å². The second-order valence-electron chi connectivity index (χ2n) is 8.36. The van der Waals surface area contributed by atoms with Crippen LogP contribution in [0.5, 0.6) is 5.75 Å². The molecule has 34 heavy (non-hydrogen) atoms. The summed E-state index contributed by atoms with van der Waals surface area (Å²) < 4.78 is 9.17. The fourth-order valence-electron chi connectivity index (χ4n) is 4.02. The van der Waals surface area contributed by atoms with Crippen molar-refractivity contribution in [1.82, 2.24) is 14.9 Å². The highest BCUT2D eigenvalue weighted by atomic mass is 79.9. The van der Waals surface area contributed by atoms with E-state index >= 15 is 0 Å². The Morgan fingerprint density at radius 1 is 1.00 bits per heavy atom. The maximum Gasteiger partial charge on any atom is 0.251 e. The molecule has 0 atom stereocenters. The lowest BCUT2D eigenvalue weighted by Crippen LogP contribution is -2.25. The van der Waals surface area contributed by atoms with Crippen molar-refractivity contribution in [1.29, 1.82) is 0 Å². The van der Waals surface area contributed by atoms with Crippen LogP contribution in [0.4, 0.5) is 0 Å². The van der Waals surface area contributed by atoms with Crippen LogP contribution >= 0.6 is 15.9 Å². The number of ether oxygens (including phenoxy) is 1. The Balaban J connectivity index is 1.30. The van der Waals surface area contributed by atoms with Crippen molar-refractivity contribution in [3.8, 4) is 5.75 Å². The first-order valence-corrected chi connectivity index (χ1v) is 12.6. The Labute approximate surface area is 209 Å². The molecule has 0 aliphatic carbocycles. The molecule has 0 bridgehead atoms. The van der Waals surface area contributed by atoms with Gasteiger partial charge in [-0.05, 0) is 68.1 Å². The minimum Gasteiger partial charge on any atom is -0.493 e. The summed E-state index contributed by atoms with van der Waals surface area (Å²) in [6.45, 7) is 4.28. The van der Waals surface area contributed by atoms with E-state index in [1.165, 1.54) is 0 Å². The van der Waals surface area contributed by atoms with E-state index in [0.29, 0.717) is 18.7 Å². The predicted octanol–water partition coefficient (Wildman–Crippen LogP) is 6.33. The third-order valence-electron chi connectivity index (χ3n) is 5.81. The number of benzene rings is 3. The molecule has 0 saturated heterocycles. The zero-order valence-corrected chi connectivity index (χ0v) is 21.1. The lowest BCUT2D eigenvalue weighted by Gasteiger charge is -2.11. The summed E-state index contributed by atoms with van der Waals surface area (Å²) in [5, 5.41) is 3.02. The zero-order valence-electron chi connectivity index (χ0n) is 19.5. The Hall–Kier alpha value is -3.12. The van der Waals surface area contributed by atoms with Crippen LogP contribution in [0.1, 0.15) is 41.0 Å². The molecule has 1 aromatic heterocycles. The van der Waals surface area contributed by atoms with Crippen LogP contribution in [0, 0.1) is 6.92 Å². The van der Waals surface area contributed by atoms with Gasteiger partial charge in [-0.15, -0.1) is 0 Å². The molecule has 176 valence electrons. The first-order valence-electron chi connectivity index (χ1n) is 11.8. The molecule has 0 fully saturated rings. The lowest BCUT2D eigenvalue weighted by atomic mass is 10.2. The number of halogens is 1. The summed E-state index contributed by atoms with van der Waals surface area (Å²) in [4.78, 5) is 17.2. The van der Waals surface area contributed by atoms with Gasteiger partial charge in [0, 0.05) is 29.5 Å². The fourth-order valence-corrected chi connectivity index (χ4v) is 4.42. The SMILES string of the molecule is Cc1ccccc1OCCCCn1c(CCCNC(=O)c2cccc(Br)c2)nc2ccccc21. The highest BCUT2D eigenvalue weighted by Crippen LogP contribution is 2.19. The third kappa shape index (κ3) is 6.26. The highest BCUT2D eigenvalue weighted by molar-refractivity contribution is 9.10. The molecule has 0 aliphatic heterocycles. The zero-order chi connectivity index (χ0) is 23.8. The Morgan fingerprint density at radius 2 is 1.82 bits per heavy atom. The normalized spacial score (nSPS) is 11.0. The largest absolute Gasteiger partial charge is 0.493 e. The molecular formula is C28H30BrN3O2. The van der Waals surface area contributed by atoms with E-state index in [4.69, 9.17) is 9.72 Å². The van der Waals surface area contributed by atoms with E-state index in [-0.39, 0.29) is 5.91 Å². The van der Waals surface area contributed by atoms with Crippen LogP contribution in [0.25, 0.3) is 11.0 Å². The summed E-state index contributed by atoms with van der Waals surface area (Å²) in [5.41, 5.74) is 4.01. The number of aryl methyl sites for hydroxylation is 3. The van der Waals surface area contributed by atoms with Crippen LogP contribution in [0.3, 0.4) is 0 Å². The Kier molecular flexibility index (Phi) is 8.36. The van der Waals surface area contributed by atoms with Crippen molar-refractivity contribution in [2.75, 3.05) is 13.2 Å². The summed E-state index contributed by atoms with van der Waals surface area (Å²) in [5.74, 6) is 1.97. The molecule has 3 aromatic carbocycles. The molecule has 1 amide bonds. The van der Waals surface area contributed by atoms with Gasteiger partial charge in [0.2, 0.25) is 0 Å². The number of aromatic nitrogens is 2. The molecule has 5 nitrogen and oxygen atoms in total. The summed E-state index contributed by atoms with van der Waals surface area (Å²) >= 11 is 3.41. The second-order valence-corrected chi connectivity index (χ2v) is 9.27. The molecule has 1 N–H and O–H groups in total. The minimum atomic E-state index is -0.0524. The number of unbranched alkanes of at least 4 members (excludes halogenated alkanes) is 1. The quantitative estimate of drug-likeness (QED) is 0.235. The number of nitrogens with one attached hydrogen (secondary N) is 1. The second kappa shape index (κ2) is 11.8. The van der Waals surface area contributed by atoms with E-state index in [0.717, 1.165) is 64.9 Å². The number of hydrogen-bond acceptors (Lipinski definition) is 3. The van der Waals surface area contributed by atoms with E-state index in [9.17, 15) is 4.79 Å². The number of amides is 1. The number of carbonyl (C=O) groups is 1. The van der Waals surface area contributed by atoms with Crippen molar-refractivity contribution in [2.24, 2.45) is 0 Å². The highest BCUT2D eigenvalue weighted by Gasteiger charge is 2.11. The van der Waals surface area contributed by atoms with E-state index in [1.54, 1.807) is 0 Å². The van der Waals surface area contributed by atoms with Gasteiger partial charge in [0.05, 0.1) is 17.6 Å². The Bertz CT molecular complexity index is 1250. The molecule has 0 radical (unpaired) electrons. The van der Waals surface area contributed by atoms with Gasteiger partial charge in [-0.3, -0.25) is 4.79 Å². The number of para-hydroxylation sites is 3. The number of hydrogen-bond donors (Lipinski definition) is 1. The van der Waals surface area contributed by atoms with Gasteiger partial charge < -0.3 is 14.6 Å². The number of imidazole rings is 1. The first kappa shape index (κ1) is 24.0. The van der Waals surface area contributed by atoms with Crippen molar-refractivity contribution in [2.45, 2.75) is 39.2 Å². The first-order chi connectivity index (χ1) is 16.6. The van der Waals surface area contributed by atoms with Crippen molar-refractivity contribution >= 4 is 32.9 Å². The lowest BCUT2D eigenvalue weighted by molar-refractivity contribution is 0.0953. The van der Waals surface area contributed by atoms with E-state index in [1.807, 2.05) is 48.5 Å². The van der Waals surface area contributed by atoms with Gasteiger partial charge in [0.25, 0.3) is 5.91 Å². The Morgan fingerprint density at radius 3 is 2.68 bits per heavy atom. The fraction of sp³-hybridized carbons (Fsp3) is 0.286. The molecule has 4 aromatic rings. The summed E-state index contributed by atoms with van der Waals surface area (Å²) in [6, 6.07) is 23.8. The third-order valence-corrected chi connectivity index (χ3v) is 6.30. The predicted molar refractivity (Wildman–Crippen MR) is 140 cm³/mol. The minimum absolute atomic E-state index is 0.0524. The summed E-state index contributed by atoms with van der Waals surface area (Å²) in [6.07, 6.45) is 3.63. The van der Waals surface area contributed by atoms with Crippen molar-refractivity contribution in [3.63, 3.8) is 0 Å². The van der Waals surface area contributed by atoms with E-state index < -0.39 is 0 Å². The molecule has 1 heterocycles. The molecule has 0 spiro atoms. The molecular weight excluding hydrogens is 490 g/mol. The molecule has 4 rings (SSSR count). The maximum absolute atomic E-state index is 12.4. The smallest absolute Gasteiger partial charge is 0.251 e. The number of rotatable bonds is 11. The van der Waals surface area contributed by atoms with Gasteiger partial charge in [0.15, 0.2) is 0 Å². The van der Waals surface area contributed by atoms with Crippen LogP contribution < -0.4 is 10.1 Å². The van der Waals surface area contributed by atoms with Gasteiger partial charge in [-0.1, -0.05) is 52.3 Å².